The van der Waals surface area contributed by atoms with Crippen LogP contribution in [0.2, 0.25) is 0 Å². The topological polar surface area (TPSA) is 108 Å². The summed E-state index contributed by atoms with van der Waals surface area (Å²) in [6.45, 7) is 4.18. The van der Waals surface area contributed by atoms with Gasteiger partial charge in [-0.2, -0.15) is 4.98 Å². The molecule has 0 radical (unpaired) electrons. The first kappa shape index (κ1) is 22.8. The molecule has 1 aliphatic carbocycles. The molecule has 0 saturated carbocycles. The van der Waals surface area contributed by atoms with Crippen molar-refractivity contribution >= 4 is 11.7 Å². The molecule has 2 N–H and O–H groups in total. The lowest BCUT2D eigenvalue weighted by atomic mass is 9.73. The monoisotopic (exact) mass is 476 g/mol. The Balaban J connectivity index is 1.67. The zero-order valence-corrected chi connectivity index (χ0v) is 20.4. The van der Waals surface area contributed by atoms with Crippen LogP contribution in [-0.4, -0.2) is 47.0 Å². The molecule has 2 heterocycles. The van der Waals surface area contributed by atoms with Gasteiger partial charge in [0, 0.05) is 23.3 Å². The number of allylic oxidation sites excluding steroid dienone is 2. The third kappa shape index (κ3) is 3.86. The van der Waals surface area contributed by atoms with Crippen LogP contribution >= 0.6 is 0 Å². The van der Waals surface area contributed by atoms with Gasteiger partial charge in [-0.15, -0.1) is 5.10 Å². The fraction of sp³-hybridized carbons (Fsp3) is 0.346. The van der Waals surface area contributed by atoms with Crippen LogP contribution < -0.4 is 19.5 Å². The molecule has 0 spiro atoms. The summed E-state index contributed by atoms with van der Waals surface area (Å²) in [5, 5.41) is 18.0. The third-order valence-corrected chi connectivity index (χ3v) is 6.46. The number of phenolic OH excluding ortho intramolecular Hbond substituents is 1. The van der Waals surface area contributed by atoms with Crippen molar-refractivity contribution in [2.24, 2.45) is 5.41 Å². The van der Waals surface area contributed by atoms with Crippen LogP contribution in [0.3, 0.4) is 0 Å². The summed E-state index contributed by atoms with van der Waals surface area (Å²) >= 11 is 0. The number of fused-ring (bicyclic) bond motifs is 1. The standard InChI is InChI=1S/C26H28N4O5/c1-26(2)12-17-21(18(32)13-26)22(14-6-8-16(31)9-7-14)30-25(27-17)28-24(29-30)15-10-19(33-3)23(35-5)20(11-15)34-4/h6-11,22,31H,12-13H2,1-5H3,(H,27,28,29)/t22-/m0/s1. The summed E-state index contributed by atoms with van der Waals surface area (Å²) in [6, 6.07) is 9.98. The molecule has 0 bridgehead atoms. The number of hydrogen-bond donors (Lipinski definition) is 2. The number of carbonyl (C=O) groups is 1. The minimum Gasteiger partial charge on any atom is -0.508 e. The second-order valence-electron chi connectivity index (χ2n) is 9.57. The zero-order chi connectivity index (χ0) is 24.9. The summed E-state index contributed by atoms with van der Waals surface area (Å²) in [5.74, 6) is 2.69. The zero-order valence-electron chi connectivity index (χ0n) is 20.4. The predicted octanol–water partition coefficient (Wildman–Crippen LogP) is 4.33. The molecule has 0 fully saturated rings. The van der Waals surface area contributed by atoms with E-state index in [1.165, 1.54) is 0 Å². The fourth-order valence-corrected chi connectivity index (χ4v) is 4.91. The Hall–Kier alpha value is -4.01. The summed E-state index contributed by atoms with van der Waals surface area (Å²) in [4.78, 5) is 18.1. The number of hydrogen-bond acceptors (Lipinski definition) is 8. The number of anilines is 1. The van der Waals surface area contributed by atoms with E-state index in [0.717, 1.165) is 17.7 Å². The smallest absolute Gasteiger partial charge is 0.226 e. The van der Waals surface area contributed by atoms with Gasteiger partial charge in [-0.3, -0.25) is 4.79 Å². The van der Waals surface area contributed by atoms with E-state index in [4.69, 9.17) is 24.3 Å². The minimum absolute atomic E-state index is 0.0808. The molecule has 1 aromatic heterocycles. The molecule has 1 atom stereocenters. The Morgan fingerprint density at radius 1 is 1.03 bits per heavy atom. The Kier molecular flexibility index (Phi) is 5.42. The van der Waals surface area contributed by atoms with Gasteiger partial charge in [-0.05, 0) is 41.7 Å². The van der Waals surface area contributed by atoms with Gasteiger partial charge in [-0.1, -0.05) is 26.0 Å². The molecule has 9 heteroatoms. The maximum absolute atomic E-state index is 13.4. The second-order valence-corrected chi connectivity index (χ2v) is 9.57. The summed E-state index contributed by atoms with van der Waals surface area (Å²) in [5.41, 5.74) is 2.90. The van der Waals surface area contributed by atoms with Gasteiger partial charge in [0.15, 0.2) is 23.1 Å². The number of rotatable bonds is 5. The van der Waals surface area contributed by atoms with Crippen LogP contribution in [0.4, 0.5) is 5.95 Å². The third-order valence-electron chi connectivity index (χ3n) is 6.46. The van der Waals surface area contributed by atoms with Gasteiger partial charge < -0.3 is 24.6 Å². The van der Waals surface area contributed by atoms with Crippen LogP contribution in [0.25, 0.3) is 11.4 Å². The van der Waals surface area contributed by atoms with Gasteiger partial charge in [0.05, 0.1) is 21.3 Å². The lowest BCUT2D eigenvalue weighted by Gasteiger charge is -2.38. The second kappa shape index (κ2) is 8.33. The lowest BCUT2D eigenvalue weighted by Crippen LogP contribution is -2.36. The molecular weight excluding hydrogens is 448 g/mol. The lowest BCUT2D eigenvalue weighted by molar-refractivity contribution is -0.118. The molecule has 9 nitrogen and oxygen atoms in total. The average molecular weight is 477 g/mol. The van der Waals surface area contributed by atoms with Gasteiger partial charge >= 0.3 is 0 Å². The highest BCUT2D eigenvalue weighted by atomic mass is 16.5. The Morgan fingerprint density at radius 3 is 2.29 bits per heavy atom. The number of carbonyl (C=O) groups excluding carboxylic acids is 1. The molecule has 3 aromatic rings. The van der Waals surface area contributed by atoms with E-state index in [1.807, 2.05) is 12.1 Å². The molecule has 182 valence electrons. The molecule has 35 heavy (non-hydrogen) atoms. The Morgan fingerprint density at radius 2 is 1.69 bits per heavy atom. The number of methoxy groups -OCH3 is 3. The van der Waals surface area contributed by atoms with Gasteiger partial charge in [-0.25, -0.2) is 4.68 Å². The maximum Gasteiger partial charge on any atom is 0.226 e. The first-order valence-electron chi connectivity index (χ1n) is 11.3. The number of benzene rings is 2. The summed E-state index contributed by atoms with van der Waals surface area (Å²) in [7, 11) is 4.66. The van der Waals surface area contributed by atoms with Crippen molar-refractivity contribution in [2.75, 3.05) is 26.6 Å². The van der Waals surface area contributed by atoms with Gasteiger partial charge in [0.1, 0.15) is 11.8 Å². The Labute approximate surface area is 203 Å². The number of aromatic hydroxyl groups is 1. The molecular formula is C26H28N4O5. The van der Waals surface area contributed by atoms with E-state index >= 15 is 0 Å². The first-order chi connectivity index (χ1) is 16.7. The van der Waals surface area contributed by atoms with Gasteiger partial charge in [0.25, 0.3) is 0 Å². The van der Waals surface area contributed by atoms with Crippen molar-refractivity contribution in [3.05, 3.63) is 53.2 Å². The van der Waals surface area contributed by atoms with E-state index in [0.29, 0.717) is 46.6 Å². The molecule has 2 aromatic carbocycles. The van der Waals surface area contributed by atoms with Crippen molar-refractivity contribution in [1.82, 2.24) is 14.8 Å². The van der Waals surface area contributed by atoms with Crippen molar-refractivity contribution in [3.8, 4) is 34.4 Å². The average Bonchev–Trinajstić information content (AvgIpc) is 3.25. The normalized spacial score (nSPS) is 18.4. The van der Waals surface area contributed by atoms with E-state index in [1.54, 1.807) is 50.3 Å². The van der Waals surface area contributed by atoms with Crippen molar-refractivity contribution in [3.63, 3.8) is 0 Å². The highest BCUT2D eigenvalue weighted by molar-refractivity contribution is 6.00. The van der Waals surface area contributed by atoms with Gasteiger partial charge in [0.2, 0.25) is 11.7 Å². The van der Waals surface area contributed by atoms with Crippen molar-refractivity contribution < 1.29 is 24.1 Å². The minimum atomic E-state index is -0.464. The van der Waals surface area contributed by atoms with Crippen molar-refractivity contribution in [2.45, 2.75) is 32.7 Å². The summed E-state index contributed by atoms with van der Waals surface area (Å²) in [6.07, 6.45) is 1.17. The highest BCUT2D eigenvalue weighted by Gasteiger charge is 2.42. The number of ether oxygens (including phenoxy) is 3. The van der Waals surface area contributed by atoms with Crippen LogP contribution in [0.15, 0.2) is 47.7 Å². The summed E-state index contributed by atoms with van der Waals surface area (Å²) < 4.78 is 18.2. The van der Waals surface area contributed by atoms with E-state index < -0.39 is 6.04 Å². The predicted molar refractivity (Wildman–Crippen MR) is 130 cm³/mol. The number of nitrogens with zero attached hydrogens (tertiary/aromatic N) is 3. The number of ketones is 1. The molecule has 2 aliphatic rings. The molecule has 0 unspecified atom stereocenters. The molecule has 0 amide bonds. The maximum atomic E-state index is 13.4. The van der Waals surface area contributed by atoms with E-state index in [9.17, 15) is 9.90 Å². The largest absolute Gasteiger partial charge is 0.508 e. The van der Waals surface area contributed by atoms with E-state index in [2.05, 4.69) is 19.2 Å². The van der Waals surface area contributed by atoms with E-state index in [-0.39, 0.29) is 16.9 Å². The molecule has 0 saturated heterocycles. The van der Waals surface area contributed by atoms with Crippen LogP contribution in [0, 0.1) is 5.41 Å². The van der Waals surface area contributed by atoms with Crippen LogP contribution in [0.5, 0.6) is 23.0 Å². The van der Waals surface area contributed by atoms with Crippen molar-refractivity contribution in [1.29, 1.82) is 0 Å². The molecule has 1 aliphatic heterocycles. The number of phenols is 1. The molecule has 5 rings (SSSR count). The number of Topliss-reactive ketones (excluding diaryl/α,β-unsaturated/α-hetero) is 1. The fourth-order valence-electron chi connectivity index (χ4n) is 4.91. The van der Waals surface area contributed by atoms with Crippen LogP contribution in [0.1, 0.15) is 38.3 Å². The highest BCUT2D eigenvalue weighted by Crippen LogP contribution is 2.46. The first-order valence-corrected chi connectivity index (χ1v) is 11.3. The Bertz CT molecular complexity index is 1320. The quantitative estimate of drug-likeness (QED) is 0.560. The number of aromatic nitrogens is 3. The number of nitrogens with one attached hydrogen (secondary N) is 1. The SMILES string of the molecule is COc1cc(-c2nc3n(n2)[C@@H](c2ccc(O)cc2)C2=C(CC(C)(C)CC2=O)N3)cc(OC)c1OC. The van der Waals surface area contributed by atoms with Crippen LogP contribution in [-0.2, 0) is 4.79 Å².